The number of anilines is 3. The van der Waals surface area contributed by atoms with Gasteiger partial charge in [-0.1, -0.05) is 18.9 Å². The van der Waals surface area contributed by atoms with Crippen molar-refractivity contribution in [3.05, 3.63) is 60.4 Å². The SMILES string of the molecule is Fc1cccc(Nc2cc(-c3ccncc3)nc(NC3CCCC3)n2)c1F. The molecule has 0 bridgehead atoms. The van der Waals surface area contributed by atoms with E-state index in [1.165, 1.54) is 25.0 Å². The fourth-order valence-corrected chi connectivity index (χ4v) is 3.24. The van der Waals surface area contributed by atoms with Crippen LogP contribution in [0.1, 0.15) is 25.7 Å². The lowest BCUT2D eigenvalue weighted by Crippen LogP contribution is -2.17. The van der Waals surface area contributed by atoms with Gasteiger partial charge in [0, 0.05) is 30.1 Å². The smallest absolute Gasteiger partial charge is 0.225 e. The zero-order valence-electron chi connectivity index (χ0n) is 14.6. The minimum absolute atomic E-state index is 0.0289. The molecule has 3 aromatic rings. The van der Waals surface area contributed by atoms with Crippen LogP contribution >= 0.6 is 0 Å². The molecule has 2 N–H and O–H groups in total. The molecule has 7 heteroatoms. The quantitative estimate of drug-likeness (QED) is 0.670. The molecule has 1 saturated carbocycles. The summed E-state index contributed by atoms with van der Waals surface area (Å²) < 4.78 is 27.5. The molecular formula is C20H19F2N5. The zero-order valence-corrected chi connectivity index (χ0v) is 14.6. The molecule has 5 nitrogen and oxygen atoms in total. The highest BCUT2D eigenvalue weighted by Crippen LogP contribution is 2.27. The molecule has 0 spiro atoms. The maximum absolute atomic E-state index is 14.0. The van der Waals surface area contributed by atoms with Gasteiger partial charge < -0.3 is 10.6 Å². The molecule has 2 heterocycles. The van der Waals surface area contributed by atoms with Gasteiger partial charge in [-0.25, -0.2) is 13.8 Å². The maximum Gasteiger partial charge on any atom is 0.225 e. The molecule has 138 valence electrons. The van der Waals surface area contributed by atoms with Gasteiger partial charge >= 0.3 is 0 Å². The van der Waals surface area contributed by atoms with Crippen molar-refractivity contribution in [2.75, 3.05) is 10.6 Å². The normalized spacial score (nSPS) is 14.3. The van der Waals surface area contributed by atoms with Crippen molar-refractivity contribution in [1.29, 1.82) is 0 Å². The van der Waals surface area contributed by atoms with Crippen LogP contribution in [-0.4, -0.2) is 21.0 Å². The summed E-state index contributed by atoms with van der Waals surface area (Å²) in [4.78, 5) is 13.1. The summed E-state index contributed by atoms with van der Waals surface area (Å²) in [5.74, 6) is -0.989. The predicted molar refractivity (Wildman–Crippen MR) is 101 cm³/mol. The van der Waals surface area contributed by atoms with E-state index >= 15 is 0 Å². The summed E-state index contributed by atoms with van der Waals surface area (Å²) in [6.07, 6.45) is 7.87. The molecule has 0 saturated heterocycles. The van der Waals surface area contributed by atoms with Gasteiger partial charge in [-0.15, -0.1) is 0 Å². The first kappa shape index (κ1) is 17.3. The number of halogens is 2. The molecule has 1 aliphatic rings. The van der Waals surface area contributed by atoms with Crippen LogP contribution in [0.2, 0.25) is 0 Å². The Bertz CT molecular complexity index is 927. The van der Waals surface area contributed by atoms with Gasteiger partial charge in [0.25, 0.3) is 0 Å². The van der Waals surface area contributed by atoms with E-state index in [0.717, 1.165) is 24.5 Å². The second kappa shape index (κ2) is 7.65. The van der Waals surface area contributed by atoms with Crippen molar-refractivity contribution in [2.45, 2.75) is 31.7 Å². The van der Waals surface area contributed by atoms with Crippen LogP contribution in [0, 0.1) is 11.6 Å². The monoisotopic (exact) mass is 367 g/mol. The standard InChI is InChI=1S/C20H19F2N5/c21-15-6-3-7-16(19(15)22)25-18-12-17(13-8-10-23-11-9-13)26-20(27-18)24-14-4-1-2-5-14/h3,6-12,14H,1-2,4-5H2,(H2,24,25,26,27). The van der Waals surface area contributed by atoms with E-state index in [-0.39, 0.29) is 5.69 Å². The highest BCUT2D eigenvalue weighted by Gasteiger charge is 2.17. The van der Waals surface area contributed by atoms with Gasteiger partial charge in [-0.3, -0.25) is 4.98 Å². The summed E-state index contributed by atoms with van der Waals surface area (Å²) in [5.41, 5.74) is 1.57. The Labute approximate surface area is 155 Å². The van der Waals surface area contributed by atoms with Crippen LogP contribution in [0.25, 0.3) is 11.3 Å². The zero-order chi connectivity index (χ0) is 18.6. The van der Waals surface area contributed by atoms with E-state index in [9.17, 15) is 8.78 Å². The number of rotatable bonds is 5. The van der Waals surface area contributed by atoms with Gasteiger partial charge in [0.15, 0.2) is 11.6 Å². The molecule has 1 aliphatic carbocycles. The molecular weight excluding hydrogens is 348 g/mol. The van der Waals surface area contributed by atoms with Crippen LogP contribution in [0.15, 0.2) is 48.8 Å². The summed E-state index contributed by atoms with van der Waals surface area (Å²) >= 11 is 0. The third kappa shape index (κ3) is 4.02. The molecule has 0 aliphatic heterocycles. The first-order chi connectivity index (χ1) is 13.2. The van der Waals surface area contributed by atoms with E-state index in [1.807, 2.05) is 12.1 Å². The number of nitrogens with one attached hydrogen (secondary N) is 2. The summed E-state index contributed by atoms with van der Waals surface area (Å²) in [5, 5.41) is 6.22. The van der Waals surface area contributed by atoms with Crippen molar-refractivity contribution in [1.82, 2.24) is 15.0 Å². The van der Waals surface area contributed by atoms with Gasteiger partial charge in [-0.2, -0.15) is 4.98 Å². The first-order valence-electron chi connectivity index (χ1n) is 8.96. The van der Waals surface area contributed by atoms with Crippen LogP contribution < -0.4 is 10.6 Å². The Kier molecular flexibility index (Phi) is 4.91. The highest BCUT2D eigenvalue weighted by atomic mass is 19.2. The molecule has 0 amide bonds. The van der Waals surface area contributed by atoms with Crippen LogP contribution in [0.3, 0.4) is 0 Å². The number of pyridine rings is 1. The van der Waals surface area contributed by atoms with Crippen molar-refractivity contribution in [3.8, 4) is 11.3 Å². The van der Waals surface area contributed by atoms with E-state index < -0.39 is 11.6 Å². The Balaban J connectivity index is 1.69. The van der Waals surface area contributed by atoms with E-state index in [4.69, 9.17) is 0 Å². The van der Waals surface area contributed by atoms with Gasteiger partial charge in [0.1, 0.15) is 5.82 Å². The molecule has 1 fully saturated rings. The third-order valence-corrected chi connectivity index (χ3v) is 4.60. The Morgan fingerprint density at radius 2 is 1.74 bits per heavy atom. The highest BCUT2D eigenvalue weighted by molar-refractivity contribution is 5.67. The van der Waals surface area contributed by atoms with Gasteiger partial charge in [-0.05, 0) is 37.1 Å². The van der Waals surface area contributed by atoms with Crippen molar-refractivity contribution >= 4 is 17.5 Å². The Morgan fingerprint density at radius 1 is 0.963 bits per heavy atom. The second-order valence-corrected chi connectivity index (χ2v) is 6.55. The molecule has 4 rings (SSSR count). The minimum atomic E-state index is -0.938. The van der Waals surface area contributed by atoms with Crippen molar-refractivity contribution in [3.63, 3.8) is 0 Å². The molecule has 2 aromatic heterocycles. The maximum atomic E-state index is 14.0. The summed E-state index contributed by atoms with van der Waals surface area (Å²) in [6, 6.07) is 9.72. The Morgan fingerprint density at radius 3 is 2.52 bits per heavy atom. The van der Waals surface area contributed by atoms with Crippen molar-refractivity contribution in [2.24, 2.45) is 0 Å². The van der Waals surface area contributed by atoms with Crippen LogP contribution in [0.4, 0.5) is 26.2 Å². The number of aromatic nitrogens is 3. The molecule has 0 unspecified atom stereocenters. The first-order valence-corrected chi connectivity index (χ1v) is 8.96. The number of hydrogen-bond donors (Lipinski definition) is 2. The van der Waals surface area contributed by atoms with Crippen LogP contribution in [-0.2, 0) is 0 Å². The minimum Gasteiger partial charge on any atom is -0.351 e. The fourth-order valence-electron chi connectivity index (χ4n) is 3.24. The number of nitrogens with zero attached hydrogens (tertiary/aromatic N) is 3. The average Bonchev–Trinajstić information content (AvgIpc) is 3.19. The number of hydrogen-bond acceptors (Lipinski definition) is 5. The lowest BCUT2D eigenvalue weighted by Gasteiger charge is -2.15. The van der Waals surface area contributed by atoms with E-state index in [2.05, 4.69) is 25.6 Å². The lowest BCUT2D eigenvalue weighted by molar-refractivity contribution is 0.511. The molecule has 0 atom stereocenters. The molecule has 0 radical (unpaired) electrons. The fraction of sp³-hybridized carbons (Fsp3) is 0.250. The average molecular weight is 367 g/mol. The third-order valence-electron chi connectivity index (χ3n) is 4.60. The van der Waals surface area contributed by atoms with Crippen molar-refractivity contribution < 1.29 is 8.78 Å². The largest absolute Gasteiger partial charge is 0.351 e. The second-order valence-electron chi connectivity index (χ2n) is 6.55. The lowest BCUT2D eigenvalue weighted by atomic mass is 10.2. The summed E-state index contributed by atoms with van der Waals surface area (Å²) in [6.45, 7) is 0. The van der Waals surface area contributed by atoms with Gasteiger partial charge in [0.05, 0.1) is 11.4 Å². The topological polar surface area (TPSA) is 62.7 Å². The molecule has 1 aromatic carbocycles. The van der Waals surface area contributed by atoms with E-state index in [0.29, 0.717) is 23.5 Å². The Hall–Kier alpha value is -3.09. The number of benzene rings is 1. The predicted octanol–water partition coefficient (Wildman–Crippen LogP) is 4.91. The molecule has 27 heavy (non-hydrogen) atoms. The van der Waals surface area contributed by atoms with Crippen LogP contribution in [0.5, 0.6) is 0 Å². The van der Waals surface area contributed by atoms with Gasteiger partial charge in [0.2, 0.25) is 5.95 Å². The summed E-state index contributed by atoms with van der Waals surface area (Å²) in [7, 11) is 0. The van der Waals surface area contributed by atoms with E-state index in [1.54, 1.807) is 18.5 Å².